The van der Waals surface area contributed by atoms with Crippen LogP contribution in [-0.4, -0.2) is 33.8 Å². The predicted molar refractivity (Wildman–Crippen MR) is 91.8 cm³/mol. The van der Waals surface area contributed by atoms with Crippen LogP contribution < -0.4 is 0 Å². The Morgan fingerprint density at radius 1 is 1.36 bits per heavy atom. The summed E-state index contributed by atoms with van der Waals surface area (Å²) in [7, 11) is 0. The van der Waals surface area contributed by atoms with Gasteiger partial charge in [-0.2, -0.15) is 0 Å². The Bertz CT molecular complexity index is 545. The Morgan fingerprint density at radius 3 is 2.64 bits per heavy atom. The zero-order valence-corrected chi connectivity index (χ0v) is 15.6. The summed E-state index contributed by atoms with van der Waals surface area (Å²) in [6.45, 7) is 9.65. The first-order valence-electron chi connectivity index (χ1n) is 8.16. The van der Waals surface area contributed by atoms with Crippen LogP contribution in [0.25, 0.3) is 0 Å². The minimum atomic E-state index is -0.169. The maximum Gasteiger partial charge on any atom is 0.210 e. The largest absolute Gasteiger partial charge is 0.488 e. The van der Waals surface area contributed by atoms with Gasteiger partial charge in [0.2, 0.25) is 6.41 Å². The van der Waals surface area contributed by atoms with E-state index in [2.05, 4.69) is 55.8 Å². The first-order valence-corrected chi connectivity index (χ1v) is 8.95. The lowest BCUT2D eigenvalue weighted by Gasteiger charge is -2.47. The van der Waals surface area contributed by atoms with Crippen LogP contribution in [0.3, 0.4) is 0 Å². The van der Waals surface area contributed by atoms with Gasteiger partial charge in [0, 0.05) is 12.6 Å². The van der Waals surface area contributed by atoms with E-state index in [0.29, 0.717) is 6.04 Å². The van der Waals surface area contributed by atoms with E-state index in [1.54, 1.807) is 0 Å². The highest BCUT2D eigenvalue weighted by molar-refractivity contribution is 9.10. The molecule has 0 aromatic carbocycles. The Morgan fingerprint density at radius 2 is 2.05 bits per heavy atom. The molecule has 0 bridgehead atoms. The Balaban J connectivity index is 1.82. The molecule has 1 atom stereocenters. The van der Waals surface area contributed by atoms with E-state index in [9.17, 15) is 4.79 Å². The Kier molecular flexibility index (Phi) is 3.75. The second-order valence-corrected chi connectivity index (χ2v) is 9.90. The van der Waals surface area contributed by atoms with E-state index in [1.807, 2.05) is 4.90 Å². The van der Waals surface area contributed by atoms with Gasteiger partial charge in [0.1, 0.15) is 11.4 Å². The highest BCUT2D eigenvalue weighted by Gasteiger charge is 2.45. The topological polar surface area (TPSA) is 29.5 Å². The van der Waals surface area contributed by atoms with Crippen molar-refractivity contribution < 1.29 is 9.53 Å². The average molecular weight is 368 g/mol. The lowest BCUT2D eigenvalue weighted by Crippen LogP contribution is -2.44. The molecule has 0 aromatic heterocycles. The van der Waals surface area contributed by atoms with Crippen molar-refractivity contribution >= 4 is 22.3 Å². The van der Waals surface area contributed by atoms with Crippen molar-refractivity contribution in [3.05, 3.63) is 23.5 Å². The number of alkyl halides is 1. The van der Waals surface area contributed by atoms with Crippen LogP contribution in [0.15, 0.2) is 23.5 Å². The second-order valence-electron chi connectivity index (χ2n) is 8.32. The number of rotatable bonds is 4. The molecular weight excluding hydrogens is 342 g/mol. The summed E-state index contributed by atoms with van der Waals surface area (Å²) in [6.07, 6.45) is 9.47. The molecule has 1 unspecified atom stereocenters. The molecule has 122 valence electrons. The smallest absolute Gasteiger partial charge is 0.210 e. The van der Waals surface area contributed by atoms with E-state index in [-0.39, 0.29) is 15.3 Å². The molecule has 1 heterocycles. The number of hydrogen-bond donors (Lipinski definition) is 0. The molecule has 1 fully saturated rings. The summed E-state index contributed by atoms with van der Waals surface area (Å²) < 4.78 is 6.02. The lowest BCUT2D eigenvalue weighted by atomic mass is 9.69. The molecule has 0 spiro atoms. The third-order valence-electron chi connectivity index (χ3n) is 4.97. The molecule has 0 aromatic rings. The molecule has 0 saturated heterocycles. The molecule has 0 N–H and O–H groups in total. The molecule has 2 aliphatic carbocycles. The van der Waals surface area contributed by atoms with Crippen molar-refractivity contribution in [2.75, 3.05) is 6.54 Å². The number of nitrogens with zero attached hydrogens (tertiary/aromatic N) is 1. The molecule has 1 amide bonds. The fraction of sp³-hybridized carbons (Fsp3) is 0.722. The zero-order chi connectivity index (χ0) is 16.2. The Labute approximate surface area is 141 Å². The molecule has 4 heteroatoms. The number of ether oxygens (including phenoxy) is 1. The molecule has 1 saturated carbocycles. The van der Waals surface area contributed by atoms with E-state index in [4.69, 9.17) is 4.74 Å². The van der Waals surface area contributed by atoms with Crippen LogP contribution in [0.5, 0.6) is 0 Å². The van der Waals surface area contributed by atoms with E-state index in [0.717, 1.165) is 44.4 Å². The van der Waals surface area contributed by atoms with E-state index >= 15 is 0 Å². The van der Waals surface area contributed by atoms with Gasteiger partial charge in [0.25, 0.3) is 0 Å². The number of halogens is 1. The van der Waals surface area contributed by atoms with Gasteiger partial charge >= 0.3 is 0 Å². The van der Waals surface area contributed by atoms with Crippen molar-refractivity contribution in [1.29, 1.82) is 0 Å². The fourth-order valence-corrected chi connectivity index (χ4v) is 4.71. The van der Waals surface area contributed by atoms with Gasteiger partial charge in [0.15, 0.2) is 0 Å². The van der Waals surface area contributed by atoms with Gasteiger partial charge in [-0.1, -0.05) is 35.9 Å². The SMILES string of the molecule is CC1(C)CC(C)(C)C2=C(C=CC(Br)(CN(C=O)C3CC3)C2)O1. The number of amides is 1. The number of allylic oxidation sites excluding steroid dienone is 2. The van der Waals surface area contributed by atoms with Gasteiger partial charge < -0.3 is 9.64 Å². The van der Waals surface area contributed by atoms with Crippen molar-refractivity contribution in [3.8, 4) is 0 Å². The summed E-state index contributed by atoms with van der Waals surface area (Å²) in [5, 5.41) is 0. The third-order valence-corrected chi connectivity index (χ3v) is 5.76. The lowest BCUT2D eigenvalue weighted by molar-refractivity contribution is -0.118. The van der Waals surface area contributed by atoms with E-state index in [1.165, 1.54) is 5.57 Å². The molecule has 22 heavy (non-hydrogen) atoms. The van der Waals surface area contributed by atoms with Crippen molar-refractivity contribution in [3.63, 3.8) is 0 Å². The minimum Gasteiger partial charge on any atom is -0.488 e. The van der Waals surface area contributed by atoms with Crippen LogP contribution in [0, 0.1) is 5.41 Å². The summed E-state index contributed by atoms with van der Waals surface area (Å²) in [5.41, 5.74) is 1.36. The standard InChI is InChI=1S/C18H26BrNO2/c1-16(2)10-17(3,4)22-15-7-8-18(19,9-14(15)16)11-20(12-21)13-5-6-13/h7-8,12-13H,5-6,9-11H2,1-4H3. The van der Waals surface area contributed by atoms with Crippen molar-refractivity contribution in [2.45, 2.75) is 69.3 Å². The maximum atomic E-state index is 11.3. The minimum absolute atomic E-state index is 0.118. The number of hydrogen-bond acceptors (Lipinski definition) is 2. The van der Waals surface area contributed by atoms with Gasteiger partial charge in [-0.15, -0.1) is 0 Å². The normalized spacial score (nSPS) is 32.2. The summed E-state index contributed by atoms with van der Waals surface area (Å²) >= 11 is 3.90. The quantitative estimate of drug-likeness (QED) is 0.550. The summed E-state index contributed by atoms with van der Waals surface area (Å²) in [6, 6.07) is 0.449. The zero-order valence-electron chi connectivity index (χ0n) is 14.0. The molecule has 1 aliphatic heterocycles. The average Bonchev–Trinajstić information content (AvgIpc) is 3.20. The monoisotopic (exact) mass is 367 g/mol. The van der Waals surface area contributed by atoms with Gasteiger partial charge in [-0.25, -0.2) is 0 Å². The van der Waals surface area contributed by atoms with Crippen LogP contribution in [0.1, 0.15) is 53.4 Å². The molecule has 3 aliphatic rings. The number of carbonyl (C=O) groups excluding carboxylic acids is 1. The highest BCUT2D eigenvalue weighted by atomic mass is 79.9. The van der Waals surface area contributed by atoms with Crippen molar-refractivity contribution in [2.24, 2.45) is 5.41 Å². The first kappa shape index (κ1) is 16.1. The first-order chi connectivity index (χ1) is 10.1. The molecule has 0 radical (unpaired) electrons. The van der Waals surface area contributed by atoms with Gasteiger partial charge in [-0.05, 0) is 56.6 Å². The summed E-state index contributed by atoms with van der Waals surface area (Å²) in [5.74, 6) is 1.03. The highest BCUT2D eigenvalue weighted by Crippen LogP contribution is 2.51. The fourth-order valence-electron chi connectivity index (χ4n) is 4.01. The summed E-state index contributed by atoms with van der Waals surface area (Å²) in [4.78, 5) is 13.3. The molecule has 3 rings (SSSR count). The number of carbonyl (C=O) groups is 1. The van der Waals surface area contributed by atoms with Crippen LogP contribution in [0.2, 0.25) is 0 Å². The van der Waals surface area contributed by atoms with Crippen molar-refractivity contribution in [1.82, 2.24) is 4.90 Å². The molecular formula is C18H26BrNO2. The van der Waals surface area contributed by atoms with Gasteiger partial charge in [-0.3, -0.25) is 4.79 Å². The van der Waals surface area contributed by atoms with Crippen LogP contribution in [0.4, 0.5) is 0 Å². The third kappa shape index (κ3) is 3.12. The Hall–Kier alpha value is -0.770. The van der Waals surface area contributed by atoms with Gasteiger partial charge in [0.05, 0.1) is 4.32 Å². The van der Waals surface area contributed by atoms with Crippen LogP contribution in [-0.2, 0) is 9.53 Å². The predicted octanol–water partition coefficient (Wildman–Crippen LogP) is 4.18. The van der Waals surface area contributed by atoms with E-state index < -0.39 is 0 Å². The maximum absolute atomic E-state index is 11.3. The van der Waals surface area contributed by atoms with Crippen LogP contribution >= 0.6 is 15.9 Å². The molecule has 3 nitrogen and oxygen atoms in total. The second kappa shape index (κ2) is 5.12.